The summed E-state index contributed by atoms with van der Waals surface area (Å²) in [6.45, 7) is 4.87. The summed E-state index contributed by atoms with van der Waals surface area (Å²) in [6, 6.07) is 3.73. The summed E-state index contributed by atoms with van der Waals surface area (Å²) in [5.41, 5.74) is 0.710. The first-order chi connectivity index (χ1) is 11.3. The molecule has 0 bridgehead atoms. The summed E-state index contributed by atoms with van der Waals surface area (Å²) in [4.78, 5) is 6.54. The van der Waals surface area contributed by atoms with E-state index in [2.05, 4.69) is 16.8 Å². The Morgan fingerprint density at radius 2 is 1.96 bits per heavy atom. The minimum atomic E-state index is -3.33. The van der Waals surface area contributed by atoms with Crippen LogP contribution in [0.25, 0.3) is 0 Å². The summed E-state index contributed by atoms with van der Waals surface area (Å²) >= 11 is 6.25. The van der Waals surface area contributed by atoms with Gasteiger partial charge in [-0.15, -0.1) is 0 Å². The summed E-state index contributed by atoms with van der Waals surface area (Å²) in [5.74, 6) is 0.711. The highest BCUT2D eigenvalue weighted by atomic mass is 35.5. The molecule has 0 N–H and O–H groups in total. The highest BCUT2D eigenvalue weighted by molar-refractivity contribution is 7.91. The Kier molecular flexibility index (Phi) is 5.06. The van der Waals surface area contributed by atoms with Crippen LogP contribution in [-0.4, -0.2) is 58.7 Å². The third kappa shape index (κ3) is 3.27. The van der Waals surface area contributed by atoms with E-state index in [0.717, 1.165) is 0 Å². The van der Waals surface area contributed by atoms with Crippen LogP contribution in [0.2, 0.25) is 5.15 Å². The second-order valence-corrected chi connectivity index (χ2v) is 9.25. The van der Waals surface area contributed by atoms with Gasteiger partial charge in [0.25, 0.3) is 0 Å². The average molecular weight is 375 g/mol. The molecule has 0 amide bonds. The number of halogens is 1. The van der Waals surface area contributed by atoms with Crippen LogP contribution in [0.3, 0.4) is 0 Å². The minimum Gasteiger partial charge on any atom is -0.381 e. The van der Waals surface area contributed by atoms with Crippen LogP contribution < -0.4 is 4.90 Å². The van der Waals surface area contributed by atoms with Crippen LogP contribution in [0.4, 0.5) is 5.82 Å². The summed E-state index contributed by atoms with van der Waals surface area (Å²) in [7, 11) is -3.33. The third-order valence-corrected chi connectivity index (χ3v) is 7.24. The van der Waals surface area contributed by atoms with E-state index in [4.69, 9.17) is 21.1 Å². The Morgan fingerprint density at radius 1 is 1.25 bits per heavy atom. The van der Waals surface area contributed by atoms with Crippen LogP contribution in [0.15, 0.2) is 12.1 Å². The number of aromatic nitrogens is 1. The molecule has 3 rings (SSSR count). The van der Waals surface area contributed by atoms with Crippen molar-refractivity contribution in [1.82, 2.24) is 4.98 Å². The van der Waals surface area contributed by atoms with Crippen molar-refractivity contribution in [3.8, 4) is 0 Å². The lowest BCUT2D eigenvalue weighted by Gasteiger charge is -2.38. The molecular weight excluding hydrogens is 352 g/mol. The first-order valence-corrected chi connectivity index (χ1v) is 10.4. The molecule has 1 atom stereocenters. The van der Waals surface area contributed by atoms with Gasteiger partial charge in [0.15, 0.2) is 9.84 Å². The van der Waals surface area contributed by atoms with Gasteiger partial charge >= 0.3 is 0 Å². The molecule has 134 valence electrons. The molecule has 2 fully saturated rings. The molecular formula is C16H23ClN2O4S. The van der Waals surface area contributed by atoms with Gasteiger partial charge in [-0.05, 0) is 37.5 Å². The number of sulfone groups is 1. The first kappa shape index (κ1) is 17.9. The number of hydrogen-bond donors (Lipinski definition) is 0. The molecule has 24 heavy (non-hydrogen) atoms. The minimum absolute atomic E-state index is 0.168. The van der Waals surface area contributed by atoms with Crippen LogP contribution in [0.1, 0.15) is 25.3 Å². The van der Waals surface area contributed by atoms with Crippen LogP contribution in [0, 0.1) is 0 Å². The maximum absolute atomic E-state index is 12.6. The van der Waals surface area contributed by atoms with Crippen molar-refractivity contribution >= 4 is 27.3 Å². The molecule has 1 aromatic rings. The van der Waals surface area contributed by atoms with Gasteiger partial charge in [0.2, 0.25) is 0 Å². The number of ether oxygens (including phenoxy) is 2. The summed E-state index contributed by atoms with van der Waals surface area (Å²) in [6.07, 6.45) is 2.16. The van der Waals surface area contributed by atoms with E-state index in [1.807, 2.05) is 6.07 Å². The van der Waals surface area contributed by atoms with Gasteiger partial charge in [0.1, 0.15) is 15.7 Å². The Morgan fingerprint density at radius 3 is 2.58 bits per heavy atom. The Balaban J connectivity index is 2.07. The highest BCUT2D eigenvalue weighted by Gasteiger charge is 2.44. The fraction of sp³-hybridized carbons (Fsp3) is 0.688. The van der Waals surface area contributed by atoms with Gasteiger partial charge < -0.3 is 14.4 Å². The Labute approximate surface area is 148 Å². The van der Waals surface area contributed by atoms with Crippen molar-refractivity contribution < 1.29 is 17.9 Å². The number of anilines is 1. The van der Waals surface area contributed by atoms with Crippen molar-refractivity contribution in [2.45, 2.75) is 30.6 Å². The third-order valence-electron chi connectivity index (χ3n) is 4.98. The molecule has 1 aromatic heterocycles. The van der Waals surface area contributed by atoms with E-state index in [-0.39, 0.29) is 6.04 Å². The predicted octanol–water partition coefficient (Wildman–Crippen LogP) is 2.01. The maximum atomic E-state index is 12.6. The van der Waals surface area contributed by atoms with Crippen LogP contribution >= 0.6 is 11.6 Å². The molecule has 2 aliphatic rings. The fourth-order valence-electron chi connectivity index (χ4n) is 3.54. The van der Waals surface area contributed by atoms with Crippen molar-refractivity contribution in [3.05, 3.63) is 22.8 Å². The smallest absolute Gasteiger partial charge is 0.157 e. The second-order valence-electron chi connectivity index (χ2n) is 6.53. The normalized spacial score (nSPS) is 24.8. The van der Waals surface area contributed by atoms with Crippen LogP contribution in [-0.2, 0) is 24.1 Å². The lowest BCUT2D eigenvalue weighted by Crippen LogP contribution is -2.45. The van der Waals surface area contributed by atoms with Crippen molar-refractivity contribution in [1.29, 1.82) is 0 Å². The van der Waals surface area contributed by atoms with Gasteiger partial charge in [-0.3, -0.25) is 0 Å². The Bertz CT molecular complexity index is 704. The van der Waals surface area contributed by atoms with Gasteiger partial charge in [0.05, 0.1) is 19.3 Å². The number of hydrogen-bond acceptors (Lipinski definition) is 6. The molecule has 1 unspecified atom stereocenters. The Hall–Kier alpha value is -0.890. The average Bonchev–Trinajstić information content (AvgIpc) is 2.54. The van der Waals surface area contributed by atoms with Crippen LogP contribution in [0.5, 0.6) is 0 Å². The molecule has 2 aliphatic heterocycles. The zero-order chi connectivity index (χ0) is 17.4. The molecule has 0 radical (unpaired) electrons. The first-order valence-electron chi connectivity index (χ1n) is 8.13. The van der Waals surface area contributed by atoms with E-state index >= 15 is 0 Å². The largest absolute Gasteiger partial charge is 0.381 e. The van der Waals surface area contributed by atoms with E-state index in [0.29, 0.717) is 62.3 Å². The molecule has 8 heteroatoms. The van der Waals surface area contributed by atoms with Crippen molar-refractivity contribution in [2.24, 2.45) is 0 Å². The number of pyridine rings is 1. The summed E-state index contributed by atoms with van der Waals surface area (Å²) < 4.78 is 35.1. The van der Waals surface area contributed by atoms with Gasteiger partial charge in [-0.2, -0.15) is 0 Å². The lowest BCUT2D eigenvalue weighted by molar-refractivity contribution is 0.0741. The van der Waals surface area contributed by atoms with Gasteiger partial charge in [-0.25, -0.2) is 13.4 Å². The zero-order valence-corrected chi connectivity index (χ0v) is 15.6. The SMILES string of the molecule is CC1COCCN1c1cc(C2(S(C)(=O)=O)CCOCC2)cc(Cl)n1. The summed E-state index contributed by atoms with van der Waals surface area (Å²) in [5, 5.41) is 0.315. The zero-order valence-electron chi connectivity index (χ0n) is 14.0. The topological polar surface area (TPSA) is 68.7 Å². The van der Waals surface area contributed by atoms with Crippen molar-refractivity contribution in [3.63, 3.8) is 0 Å². The quantitative estimate of drug-likeness (QED) is 0.754. The highest BCUT2D eigenvalue weighted by Crippen LogP contribution is 2.41. The molecule has 2 saturated heterocycles. The predicted molar refractivity (Wildman–Crippen MR) is 93.4 cm³/mol. The van der Waals surface area contributed by atoms with E-state index in [9.17, 15) is 8.42 Å². The monoisotopic (exact) mass is 374 g/mol. The van der Waals surface area contributed by atoms with Gasteiger partial charge in [0, 0.05) is 26.0 Å². The molecule has 0 aromatic carbocycles. The van der Waals surface area contributed by atoms with E-state index in [1.165, 1.54) is 6.26 Å². The molecule has 6 nitrogen and oxygen atoms in total. The standard InChI is InChI=1S/C16H23ClN2O4S/c1-12-11-23-8-5-19(12)15-10-13(9-14(17)18-15)16(24(2,20)21)3-6-22-7-4-16/h9-10,12H,3-8,11H2,1-2H3. The maximum Gasteiger partial charge on any atom is 0.157 e. The number of rotatable bonds is 3. The molecule has 0 spiro atoms. The number of nitrogens with zero attached hydrogens (tertiary/aromatic N) is 2. The van der Waals surface area contributed by atoms with Gasteiger partial charge in [-0.1, -0.05) is 11.6 Å². The molecule has 0 saturated carbocycles. The lowest BCUT2D eigenvalue weighted by atomic mass is 9.91. The number of morpholine rings is 1. The fourth-order valence-corrected chi connectivity index (χ4v) is 5.19. The second kappa shape index (κ2) is 6.78. The van der Waals surface area contributed by atoms with E-state index in [1.54, 1.807) is 6.07 Å². The van der Waals surface area contributed by atoms with E-state index < -0.39 is 14.6 Å². The molecule has 0 aliphatic carbocycles. The molecule has 3 heterocycles. The van der Waals surface area contributed by atoms with Crippen molar-refractivity contribution in [2.75, 3.05) is 44.1 Å².